The summed E-state index contributed by atoms with van der Waals surface area (Å²) in [5.41, 5.74) is 8.33. The largest absolute Gasteiger partial charge is 0.370 e. The van der Waals surface area contributed by atoms with Gasteiger partial charge in [0.05, 0.1) is 6.54 Å². The summed E-state index contributed by atoms with van der Waals surface area (Å²) in [6.45, 7) is 6.16. The number of halogens is 1. The number of anilines is 1. The summed E-state index contributed by atoms with van der Waals surface area (Å²) in [5.74, 6) is 0.608. The lowest BCUT2D eigenvalue weighted by molar-refractivity contribution is 0.380. The van der Waals surface area contributed by atoms with Gasteiger partial charge in [-0.2, -0.15) is 0 Å². The molecule has 0 radical (unpaired) electrons. The minimum absolute atomic E-state index is 0.580. The number of aromatic nitrogens is 1. The number of hydrogen-bond acceptors (Lipinski definition) is 4. The molecule has 1 fully saturated rings. The number of piperazine rings is 1. The second-order valence-electron chi connectivity index (χ2n) is 5.55. The summed E-state index contributed by atoms with van der Waals surface area (Å²) >= 11 is 7.72. The lowest BCUT2D eigenvalue weighted by atomic mass is 10.1. The Bertz CT molecular complexity index is 678. The summed E-state index contributed by atoms with van der Waals surface area (Å²) < 4.78 is 0. The van der Waals surface area contributed by atoms with Gasteiger partial charge in [-0.25, -0.2) is 9.98 Å². The van der Waals surface area contributed by atoms with Crippen molar-refractivity contribution in [3.05, 3.63) is 45.9 Å². The number of nitrogens with two attached hydrogens (primary N) is 1. The number of aliphatic imine (C=N–C) groups is 1. The third-order valence-corrected chi connectivity index (χ3v) is 5.20. The first-order chi connectivity index (χ1) is 11.1. The Kier molecular flexibility index (Phi) is 5.03. The van der Waals surface area contributed by atoms with Gasteiger partial charge in [-0.05, 0) is 24.1 Å². The zero-order chi connectivity index (χ0) is 16.2. The second kappa shape index (κ2) is 7.19. The van der Waals surface area contributed by atoms with E-state index in [0.29, 0.717) is 12.5 Å². The standard InChI is InChI=1S/C16H20ClN5S/c1-12-10-13(2-3-14(12)17)11-20-15(18)21-5-7-22(8-6-21)16-19-4-9-23-16/h2-4,9-10H,5-8,11H2,1H3,(H2,18,20). The van der Waals surface area contributed by atoms with Gasteiger partial charge in [-0.15, -0.1) is 11.3 Å². The number of guanidine groups is 1. The maximum Gasteiger partial charge on any atom is 0.191 e. The van der Waals surface area contributed by atoms with E-state index in [0.717, 1.165) is 47.5 Å². The molecule has 122 valence electrons. The van der Waals surface area contributed by atoms with E-state index in [1.54, 1.807) is 11.3 Å². The molecule has 1 aromatic carbocycles. The molecule has 1 saturated heterocycles. The highest BCUT2D eigenvalue weighted by Crippen LogP contribution is 2.19. The third kappa shape index (κ3) is 3.95. The van der Waals surface area contributed by atoms with Crippen molar-refractivity contribution < 1.29 is 0 Å². The molecule has 0 saturated carbocycles. The van der Waals surface area contributed by atoms with E-state index >= 15 is 0 Å². The highest BCUT2D eigenvalue weighted by Gasteiger charge is 2.19. The molecule has 2 N–H and O–H groups in total. The Hall–Kier alpha value is -1.79. The maximum atomic E-state index is 6.15. The van der Waals surface area contributed by atoms with Gasteiger partial charge in [0.2, 0.25) is 0 Å². The number of hydrogen-bond donors (Lipinski definition) is 1. The van der Waals surface area contributed by atoms with Crippen molar-refractivity contribution in [2.45, 2.75) is 13.5 Å². The molecule has 0 unspecified atom stereocenters. The zero-order valence-corrected chi connectivity index (χ0v) is 14.6. The van der Waals surface area contributed by atoms with E-state index in [1.807, 2.05) is 30.6 Å². The lowest BCUT2D eigenvalue weighted by Gasteiger charge is -2.35. The monoisotopic (exact) mass is 349 g/mol. The van der Waals surface area contributed by atoms with Crippen molar-refractivity contribution in [2.75, 3.05) is 31.1 Å². The van der Waals surface area contributed by atoms with Crippen molar-refractivity contribution in [2.24, 2.45) is 10.7 Å². The van der Waals surface area contributed by atoms with Crippen LogP contribution in [0.4, 0.5) is 5.13 Å². The first-order valence-corrected chi connectivity index (χ1v) is 8.83. The van der Waals surface area contributed by atoms with E-state index in [2.05, 4.69) is 25.8 Å². The molecular weight excluding hydrogens is 330 g/mol. The Morgan fingerprint density at radius 1 is 1.35 bits per heavy atom. The first-order valence-electron chi connectivity index (χ1n) is 7.58. The predicted octanol–water partition coefficient (Wildman–Crippen LogP) is 2.74. The molecule has 2 heterocycles. The predicted molar refractivity (Wildman–Crippen MR) is 97.4 cm³/mol. The van der Waals surface area contributed by atoms with Gasteiger partial charge >= 0.3 is 0 Å². The Morgan fingerprint density at radius 2 is 2.13 bits per heavy atom. The van der Waals surface area contributed by atoms with E-state index in [9.17, 15) is 0 Å². The average Bonchev–Trinajstić information content (AvgIpc) is 3.10. The van der Waals surface area contributed by atoms with Crippen molar-refractivity contribution in [1.82, 2.24) is 9.88 Å². The number of rotatable bonds is 3. The number of thiazole rings is 1. The molecule has 0 bridgehead atoms. The first kappa shape index (κ1) is 16.1. The molecular formula is C16H20ClN5S. The smallest absolute Gasteiger partial charge is 0.191 e. The van der Waals surface area contributed by atoms with Crippen LogP contribution in [-0.4, -0.2) is 42.0 Å². The van der Waals surface area contributed by atoms with Crippen LogP contribution in [0.3, 0.4) is 0 Å². The highest BCUT2D eigenvalue weighted by molar-refractivity contribution is 7.13. The van der Waals surface area contributed by atoms with Gasteiger partial charge in [-0.3, -0.25) is 0 Å². The fraction of sp³-hybridized carbons (Fsp3) is 0.375. The molecule has 0 amide bonds. The molecule has 1 aliphatic heterocycles. The minimum atomic E-state index is 0.580. The quantitative estimate of drug-likeness (QED) is 0.683. The third-order valence-electron chi connectivity index (χ3n) is 3.94. The molecule has 23 heavy (non-hydrogen) atoms. The minimum Gasteiger partial charge on any atom is -0.370 e. The van der Waals surface area contributed by atoms with Gasteiger partial charge in [0, 0.05) is 42.8 Å². The normalized spacial score (nSPS) is 16.0. The Balaban J connectivity index is 1.56. The fourth-order valence-corrected chi connectivity index (χ4v) is 3.39. The lowest BCUT2D eigenvalue weighted by Crippen LogP contribution is -2.51. The summed E-state index contributed by atoms with van der Waals surface area (Å²) in [5, 5.41) is 3.87. The van der Waals surface area contributed by atoms with Crippen LogP contribution in [0.1, 0.15) is 11.1 Å². The van der Waals surface area contributed by atoms with E-state index in [1.165, 1.54) is 0 Å². The SMILES string of the molecule is Cc1cc(CN=C(N)N2CCN(c3nccs3)CC2)ccc1Cl. The Labute approximate surface area is 145 Å². The summed E-state index contributed by atoms with van der Waals surface area (Å²) in [6.07, 6.45) is 1.84. The molecule has 0 spiro atoms. The number of benzene rings is 1. The van der Waals surface area contributed by atoms with Crippen molar-refractivity contribution in [1.29, 1.82) is 0 Å². The van der Waals surface area contributed by atoms with Crippen LogP contribution in [0.2, 0.25) is 5.02 Å². The van der Waals surface area contributed by atoms with Crippen LogP contribution in [0.5, 0.6) is 0 Å². The number of nitrogens with zero attached hydrogens (tertiary/aromatic N) is 4. The molecule has 2 aromatic rings. The van der Waals surface area contributed by atoms with Crippen LogP contribution in [0.15, 0.2) is 34.8 Å². The number of aryl methyl sites for hydroxylation is 1. The van der Waals surface area contributed by atoms with E-state index in [-0.39, 0.29) is 0 Å². The molecule has 0 atom stereocenters. The van der Waals surface area contributed by atoms with Crippen molar-refractivity contribution in [3.63, 3.8) is 0 Å². The average molecular weight is 350 g/mol. The summed E-state index contributed by atoms with van der Waals surface area (Å²) in [4.78, 5) is 13.3. The molecule has 3 rings (SSSR count). The van der Waals surface area contributed by atoms with Crippen LogP contribution in [0, 0.1) is 6.92 Å². The van der Waals surface area contributed by atoms with Gasteiger partial charge in [0.25, 0.3) is 0 Å². The summed E-state index contributed by atoms with van der Waals surface area (Å²) in [7, 11) is 0. The Morgan fingerprint density at radius 3 is 2.78 bits per heavy atom. The van der Waals surface area contributed by atoms with Gasteiger partial charge in [0.15, 0.2) is 11.1 Å². The highest BCUT2D eigenvalue weighted by atomic mass is 35.5. The molecule has 1 aromatic heterocycles. The molecule has 0 aliphatic carbocycles. The topological polar surface area (TPSA) is 57.8 Å². The van der Waals surface area contributed by atoms with Crippen LogP contribution in [0.25, 0.3) is 0 Å². The zero-order valence-electron chi connectivity index (χ0n) is 13.1. The fourth-order valence-electron chi connectivity index (χ4n) is 2.58. The summed E-state index contributed by atoms with van der Waals surface area (Å²) in [6, 6.07) is 5.96. The van der Waals surface area contributed by atoms with Crippen LogP contribution >= 0.6 is 22.9 Å². The van der Waals surface area contributed by atoms with E-state index in [4.69, 9.17) is 17.3 Å². The van der Waals surface area contributed by atoms with Crippen molar-refractivity contribution >= 4 is 34.0 Å². The van der Waals surface area contributed by atoms with Gasteiger partial charge in [0.1, 0.15) is 0 Å². The van der Waals surface area contributed by atoms with Gasteiger partial charge < -0.3 is 15.5 Å². The molecule has 5 nitrogen and oxygen atoms in total. The van der Waals surface area contributed by atoms with Crippen LogP contribution < -0.4 is 10.6 Å². The molecule has 1 aliphatic rings. The van der Waals surface area contributed by atoms with Crippen LogP contribution in [-0.2, 0) is 6.54 Å². The molecule has 7 heteroatoms. The van der Waals surface area contributed by atoms with Crippen molar-refractivity contribution in [3.8, 4) is 0 Å². The van der Waals surface area contributed by atoms with E-state index < -0.39 is 0 Å². The maximum absolute atomic E-state index is 6.15. The van der Waals surface area contributed by atoms with Gasteiger partial charge in [-0.1, -0.05) is 23.7 Å². The second-order valence-corrected chi connectivity index (χ2v) is 6.83.